The van der Waals surface area contributed by atoms with Gasteiger partial charge >= 0.3 is 6.03 Å². The quantitative estimate of drug-likeness (QED) is 0.930. The van der Waals surface area contributed by atoms with E-state index in [1.54, 1.807) is 11.3 Å². The highest BCUT2D eigenvalue weighted by Crippen LogP contribution is 2.35. The summed E-state index contributed by atoms with van der Waals surface area (Å²) >= 11 is 1.71. The Labute approximate surface area is 144 Å². The van der Waals surface area contributed by atoms with Gasteiger partial charge in [-0.15, -0.1) is 11.3 Å². The van der Waals surface area contributed by atoms with Gasteiger partial charge in [-0.1, -0.05) is 18.6 Å². The molecule has 2 saturated heterocycles. The SMILES string of the molecule is O=C1CCNC(=O)N1CN1CCCC[C@@H]1c1nc2ccccc2s1. The fourth-order valence-corrected chi connectivity index (χ4v) is 4.55. The van der Waals surface area contributed by atoms with Crippen molar-refractivity contribution in [2.45, 2.75) is 31.7 Å². The third-order valence-corrected chi connectivity index (χ3v) is 5.83. The molecule has 1 aromatic heterocycles. The lowest BCUT2D eigenvalue weighted by atomic mass is 10.0. The number of hydrogen-bond donors (Lipinski definition) is 1. The molecule has 3 amide bonds. The molecule has 0 unspecified atom stereocenters. The Bertz CT molecular complexity index is 726. The first-order valence-corrected chi connectivity index (χ1v) is 9.22. The van der Waals surface area contributed by atoms with Gasteiger partial charge in [0.1, 0.15) is 5.01 Å². The maximum absolute atomic E-state index is 12.1. The number of piperidine rings is 1. The number of para-hydroxylation sites is 1. The summed E-state index contributed by atoms with van der Waals surface area (Å²) in [5, 5.41) is 3.84. The Morgan fingerprint density at radius 2 is 2.12 bits per heavy atom. The molecule has 1 atom stereocenters. The predicted molar refractivity (Wildman–Crippen MR) is 92.6 cm³/mol. The van der Waals surface area contributed by atoms with Crippen LogP contribution in [0.5, 0.6) is 0 Å². The predicted octanol–water partition coefficient (Wildman–Crippen LogP) is 2.72. The summed E-state index contributed by atoms with van der Waals surface area (Å²) in [7, 11) is 0. The number of likely N-dealkylation sites (tertiary alicyclic amines) is 1. The topological polar surface area (TPSA) is 65.5 Å². The van der Waals surface area contributed by atoms with Gasteiger partial charge in [0, 0.05) is 19.5 Å². The highest BCUT2D eigenvalue weighted by Gasteiger charge is 2.33. The third kappa shape index (κ3) is 2.89. The van der Waals surface area contributed by atoms with Gasteiger partial charge in [-0.25, -0.2) is 9.78 Å². The first-order chi connectivity index (χ1) is 11.7. The summed E-state index contributed by atoms with van der Waals surface area (Å²) in [5.74, 6) is -0.0904. The number of rotatable bonds is 3. The molecule has 2 aliphatic heterocycles. The molecule has 0 bridgehead atoms. The van der Waals surface area contributed by atoms with Crippen LogP contribution in [0.4, 0.5) is 4.79 Å². The average Bonchev–Trinajstić information content (AvgIpc) is 3.02. The molecule has 1 aromatic carbocycles. The van der Waals surface area contributed by atoms with E-state index in [0.717, 1.165) is 36.3 Å². The summed E-state index contributed by atoms with van der Waals surface area (Å²) in [6.07, 6.45) is 3.64. The number of hydrogen-bond acceptors (Lipinski definition) is 5. The lowest BCUT2D eigenvalue weighted by molar-refractivity contribution is -0.131. The Kier molecular flexibility index (Phi) is 4.20. The number of fused-ring (bicyclic) bond motifs is 1. The van der Waals surface area contributed by atoms with E-state index in [1.807, 2.05) is 18.2 Å². The number of carbonyl (C=O) groups excluding carboxylic acids is 2. The molecular weight excluding hydrogens is 324 g/mol. The zero-order valence-corrected chi connectivity index (χ0v) is 14.2. The molecule has 2 aromatic rings. The standard InChI is InChI=1S/C17H20N4O2S/c22-15-8-9-18-17(23)21(15)11-20-10-4-3-6-13(20)16-19-12-5-1-2-7-14(12)24-16/h1-2,5,7,13H,3-4,6,8-11H2,(H,18,23)/t13-/m1/s1. The van der Waals surface area contributed by atoms with Crippen LogP contribution in [0.2, 0.25) is 0 Å². The number of carbonyl (C=O) groups is 2. The van der Waals surface area contributed by atoms with E-state index < -0.39 is 0 Å². The second kappa shape index (κ2) is 6.49. The van der Waals surface area contributed by atoms with Crippen LogP contribution in [-0.2, 0) is 4.79 Å². The summed E-state index contributed by atoms with van der Waals surface area (Å²) < 4.78 is 1.19. The largest absolute Gasteiger partial charge is 0.337 e. The fraction of sp³-hybridized carbons (Fsp3) is 0.471. The van der Waals surface area contributed by atoms with Crippen molar-refractivity contribution in [1.82, 2.24) is 20.1 Å². The number of thiazole rings is 1. The summed E-state index contributed by atoms with van der Waals surface area (Å²) in [5.41, 5.74) is 1.02. The first kappa shape index (κ1) is 15.5. The minimum Gasteiger partial charge on any atom is -0.337 e. The van der Waals surface area contributed by atoms with Crippen molar-refractivity contribution in [1.29, 1.82) is 0 Å². The first-order valence-electron chi connectivity index (χ1n) is 8.40. The fourth-order valence-electron chi connectivity index (χ4n) is 3.42. The Hall–Kier alpha value is -1.99. The van der Waals surface area contributed by atoms with E-state index in [4.69, 9.17) is 4.98 Å². The van der Waals surface area contributed by atoms with E-state index >= 15 is 0 Å². The van der Waals surface area contributed by atoms with Crippen LogP contribution in [0.3, 0.4) is 0 Å². The normalized spacial score (nSPS) is 22.8. The molecule has 7 heteroatoms. The van der Waals surface area contributed by atoms with Crippen LogP contribution in [0.25, 0.3) is 10.2 Å². The van der Waals surface area contributed by atoms with Crippen molar-refractivity contribution >= 4 is 33.5 Å². The number of imide groups is 1. The number of aromatic nitrogens is 1. The van der Waals surface area contributed by atoms with E-state index in [-0.39, 0.29) is 18.0 Å². The molecule has 6 nitrogen and oxygen atoms in total. The maximum Gasteiger partial charge on any atom is 0.325 e. The Morgan fingerprint density at radius 3 is 2.96 bits per heavy atom. The molecule has 3 heterocycles. The minimum atomic E-state index is -0.278. The zero-order chi connectivity index (χ0) is 16.5. The summed E-state index contributed by atoms with van der Waals surface area (Å²) in [6.45, 7) is 1.68. The molecule has 0 saturated carbocycles. The van der Waals surface area contributed by atoms with Gasteiger partial charge in [0.15, 0.2) is 0 Å². The molecule has 0 spiro atoms. The Balaban J connectivity index is 1.58. The van der Waals surface area contributed by atoms with Crippen molar-refractivity contribution in [3.05, 3.63) is 29.3 Å². The number of nitrogens with zero attached hydrogens (tertiary/aromatic N) is 3. The van der Waals surface area contributed by atoms with Gasteiger partial charge < -0.3 is 5.32 Å². The van der Waals surface area contributed by atoms with Crippen LogP contribution in [0, 0.1) is 0 Å². The van der Waals surface area contributed by atoms with Crippen molar-refractivity contribution < 1.29 is 9.59 Å². The second-order valence-corrected chi connectivity index (χ2v) is 7.35. The second-order valence-electron chi connectivity index (χ2n) is 6.29. The van der Waals surface area contributed by atoms with Crippen molar-refractivity contribution in [2.24, 2.45) is 0 Å². The number of nitrogens with one attached hydrogen (secondary N) is 1. The molecule has 24 heavy (non-hydrogen) atoms. The van der Waals surface area contributed by atoms with Gasteiger partial charge in [-0.3, -0.25) is 14.6 Å². The maximum atomic E-state index is 12.1. The van der Waals surface area contributed by atoms with E-state index in [2.05, 4.69) is 16.3 Å². The summed E-state index contributed by atoms with van der Waals surface area (Å²) in [6, 6.07) is 8.05. The zero-order valence-electron chi connectivity index (χ0n) is 13.4. The van der Waals surface area contributed by atoms with Gasteiger partial charge in [-0.2, -0.15) is 0 Å². The van der Waals surface area contributed by atoms with E-state index in [1.165, 1.54) is 9.60 Å². The molecule has 1 N–H and O–H groups in total. The van der Waals surface area contributed by atoms with Gasteiger partial charge in [0.05, 0.1) is 22.9 Å². The number of benzene rings is 1. The molecule has 4 rings (SSSR count). The monoisotopic (exact) mass is 344 g/mol. The highest BCUT2D eigenvalue weighted by atomic mass is 32.1. The van der Waals surface area contributed by atoms with E-state index in [0.29, 0.717) is 19.6 Å². The van der Waals surface area contributed by atoms with Gasteiger partial charge in [0.2, 0.25) is 5.91 Å². The van der Waals surface area contributed by atoms with Crippen LogP contribution >= 0.6 is 11.3 Å². The van der Waals surface area contributed by atoms with Gasteiger partial charge in [0.25, 0.3) is 0 Å². The van der Waals surface area contributed by atoms with Crippen molar-refractivity contribution in [3.8, 4) is 0 Å². The molecule has 2 fully saturated rings. The molecule has 126 valence electrons. The minimum absolute atomic E-state index is 0.0904. The van der Waals surface area contributed by atoms with Crippen LogP contribution < -0.4 is 5.32 Å². The highest BCUT2D eigenvalue weighted by molar-refractivity contribution is 7.18. The van der Waals surface area contributed by atoms with E-state index in [9.17, 15) is 9.59 Å². The average molecular weight is 344 g/mol. The third-order valence-electron chi connectivity index (χ3n) is 4.69. The number of amides is 3. The lowest BCUT2D eigenvalue weighted by Crippen LogP contribution is -2.54. The number of urea groups is 1. The van der Waals surface area contributed by atoms with Crippen molar-refractivity contribution in [2.75, 3.05) is 19.8 Å². The van der Waals surface area contributed by atoms with Crippen LogP contribution in [0.1, 0.15) is 36.7 Å². The summed E-state index contributed by atoms with van der Waals surface area (Å²) in [4.78, 5) is 32.5. The molecule has 0 aliphatic carbocycles. The molecular formula is C17H20N4O2S. The smallest absolute Gasteiger partial charge is 0.325 e. The molecule has 2 aliphatic rings. The van der Waals surface area contributed by atoms with Crippen LogP contribution in [-0.4, -0.2) is 46.5 Å². The van der Waals surface area contributed by atoms with Gasteiger partial charge in [-0.05, 0) is 25.0 Å². The van der Waals surface area contributed by atoms with Crippen molar-refractivity contribution in [3.63, 3.8) is 0 Å². The molecule has 0 radical (unpaired) electrons. The lowest BCUT2D eigenvalue weighted by Gasteiger charge is -2.38. The van der Waals surface area contributed by atoms with Crippen LogP contribution in [0.15, 0.2) is 24.3 Å². The Morgan fingerprint density at radius 1 is 1.25 bits per heavy atom.